The molecule has 1 atom stereocenters. The Morgan fingerprint density at radius 3 is 2.88 bits per heavy atom. The number of H-pyrrole nitrogens is 1. The number of anilines is 1. The highest BCUT2D eigenvalue weighted by molar-refractivity contribution is 7.18. The lowest BCUT2D eigenvalue weighted by atomic mass is 10.1. The smallest absolute Gasteiger partial charge is 0.157 e. The summed E-state index contributed by atoms with van der Waals surface area (Å²) >= 11 is 1.54. The number of hydrogen-bond acceptors (Lipinski definition) is 8. The van der Waals surface area contributed by atoms with E-state index in [1.807, 2.05) is 24.3 Å². The Labute approximate surface area is 193 Å². The molecule has 1 unspecified atom stereocenters. The third kappa shape index (κ3) is 4.81. The van der Waals surface area contributed by atoms with E-state index in [4.69, 9.17) is 4.98 Å². The number of halogens is 1. The number of imidazole rings is 1. The number of aromatic amines is 1. The molecule has 5 aromatic rings. The molecule has 0 saturated carbocycles. The van der Waals surface area contributed by atoms with E-state index in [-0.39, 0.29) is 18.3 Å². The molecule has 1 aromatic carbocycles. The maximum absolute atomic E-state index is 13.8. The number of rotatable bonds is 9. The van der Waals surface area contributed by atoms with Crippen LogP contribution in [-0.4, -0.2) is 43.0 Å². The fourth-order valence-electron chi connectivity index (χ4n) is 3.57. The molecule has 0 amide bonds. The highest BCUT2D eigenvalue weighted by Crippen LogP contribution is 2.25. The predicted molar refractivity (Wildman–Crippen MR) is 128 cm³/mol. The summed E-state index contributed by atoms with van der Waals surface area (Å²) in [5.74, 6) is 1.48. The molecule has 0 radical (unpaired) electrons. The minimum atomic E-state index is -0.350. The lowest BCUT2D eigenvalue weighted by molar-refractivity contribution is 0.597. The number of thiazole rings is 1. The summed E-state index contributed by atoms with van der Waals surface area (Å²) in [4.78, 5) is 26.3. The van der Waals surface area contributed by atoms with Gasteiger partial charge in [-0.15, -0.1) is 0 Å². The molecule has 4 heterocycles. The van der Waals surface area contributed by atoms with Crippen LogP contribution in [0.15, 0.2) is 48.9 Å². The van der Waals surface area contributed by atoms with Crippen LogP contribution in [-0.2, 0) is 13.0 Å². The van der Waals surface area contributed by atoms with Crippen molar-refractivity contribution < 1.29 is 4.39 Å². The van der Waals surface area contributed by atoms with Gasteiger partial charge in [0.05, 0.1) is 28.3 Å². The maximum Gasteiger partial charge on any atom is 0.157 e. The number of nitrogens with one attached hydrogen (secondary N) is 3. The van der Waals surface area contributed by atoms with Crippen LogP contribution in [0.5, 0.6) is 0 Å². The molecule has 33 heavy (non-hydrogen) atoms. The topological polar surface area (TPSA) is 104 Å². The van der Waals surface area contributed by atoms with Crippen molar-refractivity contribution in [3.8, 4) is 0 Å². The predicted octanol–water partition coefficient (Wildman–Crippen LogP) is 4.04. The average molecular weight is 463 g/mol. The quantitative estimate of drug-likeness (QED) is 0.284. The van der Waals surface area contributed by atoms with Crippen molar-refractivity contribution in [2.75, 3.05) is 18.4 Å². The first-order valence-corrected chi connectivity index (χ1v) is 11.6. The molecule has 0 saturated heterocycles. The first-order valence-electron chi connectivity index (χ1n) is 10.8. The van der Waals surface area contributed by atoms with Gasteiger partial charge in [-0.3, -0.25) is 4.98 Å². The van der Waals surface area contributed by atoms with Crippen LogP contribution in [0, 0.1) is 5.82 Å². The van der Waals surface area contributed by atoms with E-state index >= 15 is 0 Å². The number of pyridine rings is 1. The summed E-state index contributed by atoms with van der Waals surface area (Å²) in [6.45, 7) is 3.99. The second kappa shape index (κ2) is 9.55. The average Bonchev–Trinajstić information content (AvgIpc) is 3.45. The van der Waals surface area contributed by atoms with Crippen LogP contribution < -0.4 is 10.6 Å². The first kappa shape index (κ1) is 21.4. The second-order valence-corrected chi connectivity index (χ2v) is 8.83. The standard InChI is InChI=1S/C23H23FN8S/c1-14(21-30-16-6-2-3-7-17(16)31-21)11-25-10-8-19-32-20-22(28-13-29-23(20)33-19)27-12-18-15(24)5-4-9-26-18/h2-7,9,13-14,25H,8,10-12H2,1H3,(H,30,31)(H,27,28,29). The van der Waals surface area contributed by atoms with Gasteiger partial charge in [0.25, 0.3) is 0 Å². The maximum atomic E-state index is 13.8. The van der Waals surface area contributed by atoms with E-state index in [9.17, 15) is 4.39 Å². The molecule has 3 N–H and O–H groups in total. The number of fused-ring (bicyclic) bond motifs is 2. The van der Waals surface area contributed by atoms with Gasteiger partial charge < -0.3 is 15.6 Å². The van der Waals surface area contributed by atoms with Gasteiger partial charge in [-0.25, -0.2) is 24.3 Å². The van der Waals surface area contributed by atoms with E-state index in [1.165, 1.54) is 12.4 Å². The van der Waals surface area contributed by atoms with Crippen molar-refractivity contribution >= 4 is 38.5 Å². The van der Waals surface area contributed by atoms with E-state index in [0.717, 1.165) is 46.2 Å². The van der Waals surface area contributed by atoms with Crippen LogP contribution in [0.2, 0.25) is 0 Å². The van der Waals surface area contributed by atoms with Crippen molar-refractivity contribution in [2.45, 2.75) is 25.8 Å². The Bertz CT molecular complexity index is 1350. The highest BCUT2D eigenvalue weighted by Gasteiger charge is 2.13. The summed E-state index contributed by atoms with van der Waals surface area (Å²) in [6.07, 6.45) is 3.84. The molecule has 0 aliphatic rings. The second-order valence-electron chi connectivity index (χ2n) is 7.76. The minimum absolute atomic E-state index is 0.229. The van der Waals surface area contributed by atoms with E-state index < -0.39 is 0 Å². The number of nitrogens with zero attached hydrogens (tertiary/aromatic N) is 5. The van der Waals surface area contributed by atoms with Crippen molar-refractivity contribution in [1.29, 1.82) is 0 Å². The van der Waals surface area contributed by atoms with Crippen LogP contribution in [0.3, 0.4) is 0 Å². The van der Waals surface area contributed by atoms with Gasteiger partial charge in [0.1, 0.15) is 28.3 Å². The van der Waals surface area contributed by atoms with E-state index in [0.29, 0.717) is 17.0 Å². The molecule has 4 aromatic heterocycles. The molecule has 8 nitrogen and oxygen atoms in total. The number of para-hydroxylation sites is 2. The SMILES string of the molecule is CC(CNCCc1nc2c(NCc3ncccc3F)ncnc2s1)c1nc2ccccc2[nH]1. The van der Waals surface area contributed by atoms with Gasteiger partial charge >= 0.3 is 0 Å². The molecule has 5 rings (SSSR count). The largest absolute Gasteiger partial charge is 0.362 e. The lowest BCUT2D eigenvalue weighted by Crippen LogP contribution is -2.23. The lowest BCUT2D eigenvalue weighted by Gasteiger charge is -2.09. The van der Waals surface area contributed by atoms with Gasteiger partial charge in [0.15, 0.2) is 5.82 Å². The van der Waals surface area contributed by atoms with Gasteiger partial charge in [-0.1, -0.05) is 30.4 Å². The fourth-order valence-corrected chi connectivity index (χ4v) is 4.47. The summed E-state index contributed by atoms with van der Waals surface area (Å²) in [5, 5.41) is 7.60. The monoisotopic (exact) mass is 462 g/mol. The summed E-state index contributed by atoms with van der Waals surface area (Å²) in [6, 6.07) is 11.0. The van der Waals surface area contributed by atoms with Crippen molar-refractivity contribution in [1.82, 2.24) is 35.2 Å². The van der Waals surface area contributed by atoms with Crippen LogP contribution in [0.25, 0.3) is 21.4 Å². The Morgan fingerprint density at radius 1 is 1.09 bits per heavy atom. The summed E-state index contributed by atoms with van der Waals surface area (Å²) in [7, 11) is 0. The zero-order valence-corrected chi connectivity index (χ0v) is 18.9. The van der Waals surface area contributed by atoms with Crippen LogP contribution in [0.1, 0.15) is 29.4 Å². The third-order valence-electron chi connectivity index (χ3n) is 5.34. The Kier molecular flexibility index (Phi) is 6.18. The number of benzene rings is 1. The van der Waals surface area contributed by atoms with Gasteiger partial charge in [-0.2, -0.15) is 0 Å². The molecule has 0 fully saturated rings. The molecular formula is C23H23FN8S. The molecule has 0 spiro atoms. The molecule has 10 heteroatoms. The molecule has 0 bridgehead atoms. The number of aromatic nitrogens is 6. The molecular weight excluding hydrogens is 439 g/mol. The van der Waals surface area contributed by atoms with Gasteiger partial charge in [0.2, 0.25) is 0 Å². The van der Waals surface area contributed by atoms with Gasteiger partial charge in [-0.05, 0) is 24.3 Å². The van der Waals surface area contributed by atoms with Crippen LogP contribution in [0.4, 0.5) is 10.2 Å². The zero-order valence-electron chi connectivity index (χ0n) is 18.0. The molecule has 0 aliphatic heterocycles. The normalized spacial score (nSPS) is 12.4. The summed E-state index contributed by atoms with van der Waals surface area (Å²) < 4.78 is 13.8. The van der Waals surface area contributed by atoms with Crippen molar-refractivity contribution in [3.63, 3.8) is 0 Å². The van der Waals surface area contributed by atoms with Crippen molar-refractivity contribution in [2.24, 2.45) is 0 Å². The molecule has 168 valence electrons. The Morgan fingerprint density at radius 2 is 2.00 bits per heavy atom. The minimum Gasteiger partial charge on any atom is -0.362 e. The number of hydrogen-bond donors (Lipinski definition) is 3. The van der Waals surface area contributed by atoms with E-state index in [2.05, 4.69) is 42.5 Å². The zero-order chi connectivity index (χ0) is 22.6. The van der Waals surface area contributed by atoms with Crippen LogP contribution >= 0.6 is 11.3 Å². The first-order chi connectivity index (χ1) is 16.2. The molecule has 0 aliphatic carbocycles. The van der Waals surface area contributed by atoms with Gasteiger partial charge in [0, 0.05) is 31.6 Å². The Balaban J connectivity index is 1.17. The fraction of sp³-hybridized carbons (Fsp3) is 0.261. The highest BCUT2D eigenvalue weighted by atomic mass is 32.1. The summed E-state index contributed by atoms with van der Waals surface area (Å²) in [5.41, 5.74) is 3.09. The van der Waals surface area contributed by atoms with E-state index in [1.54, 1.807) is 23.6 Å². The Hall–Kier alpha value is -3.50. The third-order valence-corrected chi connectivity index (χ3v) is 6.36. The van der Waals surface area contributed by atoms with Crippen molar-refractivity contribution in [3.05, 3.63) is 71.3 Å².